The Balaban J connectivity index is 1.45. The van der Waals surface area contributed by atoms with Crippen LogP contribution in [0.5, 0.6) is 0 Å². The van der Waals surface area contributed by atoms with E-state index in [9.17, 15) is 4.79 Å². The molecule has 0 spiro atoms. The maximum Gasteiger partial charge on any atom is 0.245 e. The van der Waals surface area contributed by atoms with Gasteiger partial charge in [0.25, 0.3) is 0 Å². The van der Waals surface area contributed by atoms with E-state index in [0.29, 0.717) is 6.42 Å². The number of para-hydroxylation sites is 1. The largest absolute Gasteiger partial charge is 0.361 e. The normalized spacial score (nSPS) is 21.8. The van der Waals surface area contributed by atoms with Crippen molar-refractivity contribution in [2.45, 2.75) is 26.2 Å². The number of hydrazone groups is 1. The van der Waals surface area contributed by atoms with Crippen LogP contribution in [0.3, 0.4) is 0 Å². The molecule has 1 saturated heterocycles. The summed E-state index contributed by atoms with van der Waals surface area (Å²) in [6.07, 6.45) is 6.69. The smallest absolute Gasteiger partial charge is 0.245 e. The van der Waals surface area contributed by atoms with Crippen molar-refractivity contribution >= 4 is 23.0 Å². The Hall–Kier alpha value is -2.14. The highest BCUT2D eigenvalue weighted by Gasteiger charge is 2.19. The molecule has 3 N–H and O–H groups in total. The molecule has 2 aromatic rings. The van der Waals surface area contributed by atoms with Crippen LogP contribution in [0.15, 0.2) is 35.6 Å². The number of piperidine rings is 1. The van der Waals surface area contributed by atoms with Crippen molar-refractivity contribution in [3.05, 3.63) is 36.0 Å². The summed E-state index contributed by atoms with van der Waals surface area (Å²) < 4.78 is 0. The second-order valence-corrected chi connectivity index (χ2v) is 6.52. The quantitative estimate of drug-likeness (QED) is 0.566. The van der Waals surface area contributed by atoms with E-state index in [1.54, 1.807) is 11.1 Å². The molecule has 1 aromatic heterocycles. The van der Waals surface area contributed by atoms with Crippen LogP contribution in [0.2, 0.25) is 0 Å². The van der Waals surface area contributed by atoms with Gasteiger partial charge in [0.2, 0.25) is 5.91 Å². The third kappa shape index (κ3) is 4.20. The van der Waals surface area contributed by atoms with Gasteiger partial charge in [-0.15, -0.1) is 0 Å². The van der Waals surface area contributed by atoms with Gasteiger partial charge in [-0.1, -0.05) is 25.1 Å². The molecule has 0 unspecified atom stereocenters. The molecule has 1 fully saturated rings. The van der Waals surface area contributed by atoms with Gasteiger partial charge in [-0.25, -0.2) is 5.43 Å². The zero-order valence-electron chi connectivity index (χ0n) is 13.6. The fourth-order valence-corrected chi connectivity index (χ4v) is 3.14. The van der Waals surface area contributed by atoms with Crippen molar-refractivity contribution in [1.29, 1.82) is 0 Å². The van der Waals surface area contributed by atoms with E-state index < -0.39 is 0 Å². The number of amides is 1. The number of aromatic nitrogens is 1. The number of rotatable bonds is 5. The lowest BCUT2D eigenvalue weighted by Gasteiger charge is -2.26. The number of hydrogen-bond acceptors (Lipinski definition) is 2. The molecule has 2 heterocycles. The second-order valence-electron chi connectivity index (χ2n) is 6.52. The van der Waals surface area contributed by atoms with Crippen LogP contribution in [0.25, 0.3) is 10.9 Å². The van der Waals surface area contributed by atoms with Gasteiger partial charge in [0.05, 0.1) is 32.3 Å². The van der Waals surface area contributed by atoms with E-state index in [0.717, 1.165) is 28.9 Å². The number of fused-ring (bicyclic) bond motifs is 1. The van der Waals surface area contributed by atoms with Gasteiger partial charge in [-0.05, 0) is 24.8 Å². The average Bonchev–Trinajstić information content (AvgIpc) is 2.98. The van der Waals surface area contributed by atoms with Crippen LogP contribution in [0.1, 0.15) is 31.7 Å². The topological polar surface area (TPSA) is 61.7 Å². The highest BCUT2D eigenvalue weighted by molar-refractivity contribution is 5.99. The Morgan fingerprint density at radius 2 is 2.17 bits per heavy atom. The Bertz CT molecular complexity index is 683. The van der Waals surface area contributed by atoms with Crippen molar-refractivity contribution in [2.24, 2.45) is 11.0 Å². The van der Waals surface area contributed by atoms with Crippen LogP contribution in [-0.2, 0) is 4.79 Å². The maximum atomic E-state index is 11.9. The molecule has 0 atom stereocenters. The first-order valence-corrected chi connectivity index (χ1v) is 8.44. The van der Waals surface area contributed by atoms with Gasteiger partial charge < -0.3 is 9.88 Å². The zero-order valence-corrected chi connectivity index (χ0v) is 13.6. The Morgan fingerprint density at radius 3 is 3.00 bits per heavy atom. The Kier molecular flexibility index (Phi) is 5.08. The number of nitrogens with one attached hydrogen (secondary N) is 3. The number of carbonyl (C=O) groups is 1. The van der Waals surface area contributed by atoms with Crippen LogP contribution in [-0.4, -0.2) is 36.7 Å². The van der Waals surface area contributed by atoms with E-state index in [2.05, 4.69) is 22.4 Å². The van der Waals surface area contributed by atoms with Gasteiger partial charge in [0, 0.05) is 22.7 Å². The predicted octanol–water partition coefficient (Wildman–Crippen LogP) is 1.32. The lowest BCUT2D eigenvalue weighted by Crippen LogP contribution is -3.13. The predicted molar refractivity (Wildman–Crippen MR) is 92.6 cm³/mol. The summed E-state index contributed by atoms with van der Waals surface area (Å²) in [7, 11) is 0. The summed E-state index contributed by atoms with van der Waals surface area (Å²) in [5, 5.41) is 5.19. The van der Waals surface area contributed by atoms with Gasteiger partial charge in [0.15, 0.2) is 0 Å². The number of H-pyrrole nitrogens is 1. The fraction of sp³-hybridized carbons (Fsp3) is 0.444. The van der Waals surface area contributed by atoms with Crippen molar-refractivity contribution in [3.8, 4) is 0 Å². The minimum atomic E-state index is -0.00721. The number of quaternary nitrogens is 1. The molecule has 3 rings (SSSR count). The molecule has 0 bridgehead atoms. The van der Waals surface area contributed by atoms with E-state index >= 15 is 0 Å². The van der Waals surface area contributed by atoms with E-state index in [4.69, 9.17) is 0 Å². The van der Waals surface area contributed by atoms with Crippen LogP contribution < -0.4 is 10.3 Å². The average molecular weight is 313 g/mol. The highest BCUT2D eigenvalue weighted by atomic mass is 16.2. The summed E-state index contributed by atoms with van der Waals surface area (Å²) in [5.74, 6) is 0.834. The monoisotopic (exact) mass is 313 g/mol. The minimum Gasteiger partial charge on any atom is -0.361 e. The lowest BCUT2D eigenvalue weighted by atomic mass is 9.99. The number of benzene rings is 1. The minimum absolute atomic E-state index is 0.00721. The van der Waals surface area contributed by atoms with E-state index in [-0.39, 0.29) is 5.91 Å². The molecule has 0 aliphatic carbocycles. The third-order valence-corrected chi connectivity index (χ3v) is 4.70. The summed E-state index contributed by atoms with van der Waals surface area (Å²) >= 11 is 0. The van der Waals surface area contributed by atoms with Crippen LogP contribution in [0.4, 0.5) is 0 Å². The number of aromatic amines is 1. The fourth-order valence-electron chi connectivity index (χ4n) is 3.14. The standard InChI is InChI=1S/C18H24N4O/c1-14-6-9-22(10-7-14)11-8-18(23)21-20-13-15-12-19-17-5-3-2-4-16(15)17/h2-5,12-14,19H,6-11H2,1H3,(H,21,23)/p+1/b20-13+. The van der Waals surface area contributed by atoms with Gasteiger partial charge in [-0.2, -0.15) is 5.10 Å². The molecule has 1 amide bonds. The SMILES string of the molecule is CC1CC[NH+](CCC(=O)N/N=C/c2c[nH]c3ccccc23)CC1. The molecule has 1 aliphatic rings. The maximum absolute atomic E-state index is 11.9. The molecule has 5 heteroatoms. The molecule has 5 nitrogen and oxygen atoms in total. The number of hydrogen-bond donors (Lipinski definition) is 3. The molecule has 23 heavy (non-hydrogen) atoms. The highest BCUT2D eigenvalue weighted by Crippen LogP contribution is 2.15. The molecule has 122 valence electrons. The number of nitrogens with zero attached hydrogens (tertiary/aromatic N) is 1. The first-order valence-electron chi connectivity index (χ1n) is 8.44. The van der Waals surface area contributed by atoms with E-state index in [1.807, 2.05) is 30.5 Å². The van der Waals surface area contributed by atoms with Crippen LogP contribution in [0, 0.1) is 5.92 Å². The molecule has 0 radical (unpaired) electrons. The summed E-state index contributed by atoms with van der Waals surface area (Å²) in [5.41, 5.74) is 4.69. The second kappa shape index (κ2) is 7.42. The number of carbonyl (C=O) groups excluding carboxylic acids is 1. The van der Waals surface area contributed by atoms with Crippen LogP contribution >= 0.6 is 0 Å². The molecular weight excluding hydrogens is 288 g/mol. The van der Waals surface area contributed by atoms with Crippen molar-refractivity contribution in [2.75, 3.05) is 19.6 Å². The van der Waals surface area contributed by atoms with Gasteiger partial charge >= 0.3 is 0 Å². The van der Waals surface area contributed by atoms with Gasteiger partial charge in [0.1, 0.15) is 0 Å². The van der Waals surface area contributed by atoms with E-state index in [1.165, 1.54) is 25.9 Å². The summed E-state index contributed by atoms with van der Waals surface area (Å²) in [6.45, 7) is 5.59. The first-order chi connectivity index (χ1) is 11.2. The first kappa shape index (κ1) is 15.7. The lowest BCUT2D eigenvalue weighted by molar-refractivity contribution is -0.905. The van der Waals surface area contributed by atoms with Crippen molar-refractivity contribution in [1.82, 2.24) is 10.4 Å². The Morgan fingerprint density at radius 1 is 1.39 bits per heavy atom. The van der Waals surface area contributed by atoms with Crippen molar-refractivity contribution in [3.63, 3.8) is 0 Å². The molecule has 1 aromatic carbocycles. The summed E-state index contributed by atoms with van der Waals surface area (Å²) in [6, 6.07) is 8.04. The molecular formula is C18H25N4O+. The summed E-state index contributed by atoms with van der Waals surface area (Å²) in [4.78, 5) is 16.6. The Labute approximate surface area is 136 Å². The zero-order chi connectivity index (χ0) is 16.1. The number of likely N-dealkylation sites (tertiary alicyclic amines) is 1. The van der Waals surface area contributed by atoms with Crippen molar-refractivity contribution < 1.29 is 9.69 Å². The third-order valence-electron chi connectivity index (χ3n) is 4.70. The van der Waals surface area contributed by atoms with Gasteiger partial charge in [-0.3, -0.25) is 4.79 Å². The molecule has 1 aliphatic heterocycles. The molecule has 0 saturated carbocycles.